The van der Waals surface area contributed by atoms with E-state index in [9.17, 15) is 27.7 Å². The topological polar surface area (TPSA) is 141 Å². The van der Waals surface area contributed by atoms with Crippen molar-refractivity contribution in [2.24, 2.45) is 11.7 Å². The van der Waals surface area contributed by atoms with Crippen LogP contribution in [0.4, 0.5) is 0 Å². The van der Waals surface area contributed by atoms with E-state index < -0.39 is 45.5 Å². The molecule has 25 heavy (non-hydrogen) atoms. The minimum Gasteiger partial charge on any atom is -0.391 e. The Morgan fingerprint density at radius 1 is 1.40 bits per heavy atom. The Labute approximate surface area is 147 Å². The highest BCUT2D eigenvalue weighted by atomic mass is 32.2. The maximum Gasteiger partial charge on any atom is 0.266 e. The third-order valence-electron chi connectivity index (χ3n) is 5.11. The molecular formula is C15H27N3O6S. The molecule has 0 aliphatic carbocycles. The molecule has 2 aliphatic heterocycles. The van der Waals surface area contributed by atoms with E-state index in [1.54, 1.807) is 4.90 Å². The van der Waals surface area contributed by atoms with Crippen molar-refractivity contribution in [3.8, 4) is 0 Å². The zero-order valence-corrected chi connectivity index (χ0v) is 15.6. The molecule has 2 fully saturated rings. The Balaban J connectivity index is 2.39. The third kappa shape index (κ3) is 3.81. The number of rotatable bonds is 7. The van der Waals surface area contributed by atoms with Gasteiger partial charge in [-0.25, -0.2) is 0 Å². The number of hydrogen-bond donors (Lipinski definition) is 3. The van der Waals surface area contributed by atoms with Crippen molar-refractivity contribution in [2.75, 3.05) is 18.8 Å². The predicted octanol–water partition coefficient (Wildman–Crippen LogP) is -1.19. The molecule has 2 saturated heterocycles. The standard InChI is InChI=1S/C15H27N3O6S/c1-9(2)6-18-12(20)4-5-15(18)8-17(11(15)7-25(22,23)24)13(10(3)19)14(16)21/h9-11,13,19H,4-8H2,1-3H3,(H2,16,21)(H,22,23,24)/t10-,11?,13+,15?/m1/s1. The fourth-order valence-electron chi connectivity index (χ4n) is 4.15. The summed E-state index contributed by atoms with van der Waals surface area (Å²) in [5.74, 6) is -1.28. The van der Waals surface area contributed by atoms with Crippen LogP contribution in [0, 0.1) is 5.92 Å². The van der Waals surface area contributed by atoms with Gasteiger partial charge in [-0.1, -0.05) is 13.8 Å². The predicted molar refractivity (Wildman–Crippen MR) is 90.1 cm³/mol. The summed E-state index contributed by atoms with van der Waals surface area (Å²) in [5, 5.41) is 9.89. The van der Waals surface area contributed by atoms with Gasteiger partial charge in [0, 0.05) is 19.5 Å². The lowest BCUT2D eigenvalue weighted by atomic mass is 9.76. The largest absolute Gasteiger partial charge is 0.391 e. The monoisotopic (exact) mass is 377 g/mol. The number of primary amides is 1. The summed E-state index contributed by atoms with van der Waals surface area (Å²) >= 11 is 0. The van der Waals surface area contributed by atoms with Gasteiger partial charge >= 0.3 is 0 Å². The fraction of sp³-hybridized carbons (Fsp3) is 0.867. The van der Waals surface area contributed by atoms with E-state index in [2.05, 4.69) is 0 Å². The first-order chi connectivity index (χ1) is 11.4. The van der Waals surface area contributed by atoms with Gasteiger partial charge < -0.3 is 15.7 Å². The molecule has 9 nitrogen and oxygen atoms in total. The molecule has 0 bridgehead atoms. The van der Waals surface area contributed by atoms with E-state index in [4.69, 9.17) is 5.73 Å². The second-order valence-corrected chi connectivity index (χ2v) is 9.02. The fourth-order valence-corrected chi connectivity index (χ4v) is 5.05. The molecule has 2 unspecified atom stereocenters. The van der Waals surface area contributed by atoms with Crippen LogP contribution in [0.3, 0.4) is 0 Å². The first-order valence-electron chi connectivity index (χ1n) is 8.38. The quantitative estimate of drug-likeness (QED) is 0.474. The van der Waals surface area contributed by atoms with E-state index in [1.165, 1.54) is 11.8 Å². The van der Waals surface area contributed by atoms with Gasteiger partial charge in [-0.3, -0.25) is 19.0 Å². The van der Waals surface area contributed by atoms with Gasteiger partial charge in [0.15, 0.2) is 0 Å². The number of aliphatic hydroxyl groups is 1. The van der Waals surface area contributed by atoms with Crippen molar-refractivity contribution >= 4 is 21.9 Å². The normalized spacial score (nSPS) is 29.9. The summed E-state index contributed by atoms with van der Waals surface area (Å²) in [6.07, 6.45) is -0.367. The van der Waals surface area contributed by atoms with Crippen molar-refractivity contribution in [2.45, 2.75) is 57.3 Å². The number of nitrogens with two attached hydrogens (primary N) is 1. The molecule has 2 amide bonds. The Morgan fingerprint density at radius 2 is 2.00 bits per heavy atom. The first-order valence-corrected chi connectivity index (χ1v) is 9.98. The molecule has 1 spiro atoms. The molecule has 2 heterocycles. The van der Waals surface area contributed by atoms with Crippen LogP contribution >= 0.6 is 0 Å². The summed E-state index contributed by atoms with van der Waals surface area (Å²) in [7, 11) is -4.35. The van der Waals surface area contributed by atoms with Gasteiger partial charge in [0.05, 0.1) is 23.4 Å². The number of likely N-dealkylation sites (tertiary alicyclic amines) is 2. The van der Waals surface area contributed by atoms with Crippen LogP contribution in [0.15, 0.2) is 0 Å². The van der Waals surface area contributed by atoms with Gasteiger partial charge in [-0.2, -0.15) is 8.42 Å². The third-order valence-corrected chi connectivity index (χ3v) is 5.85. The number of nitrogens with zero attached hydrogens (tertiary/aromatic N) is 2. The minimum atomic E-state index is -4.35. The van der Waals surface area contributed by atoms with E-state index in [0.29, 0.717) is 19.4 Å². The van der Waals surface area contributed by atoms with Gasteiger partial charge in [0.2, 0.25) is 11.8 Å². The van der Waals surface area contributed by atoms with Gasteiger partial charge in [-0.05, 0) is 19.3 Å². The Bertz CT molecular complexity index is 650. The second kappa shape index (κ2) is 6.82. The second-order valence-electron chi connectivity index (χ2n) is 7.53. The molecule has 144 valence electrons. The minimum absolute atomic E-state index is 0.0682. The lowest BCUT2D eigenvalue weighted by Crippen LogP contribution is -2.80. The van der Waals surface area contributed by atoms with E-state index in [1.807, 2.05) is 13.8 Å². The van der Waals surface area contributed by atoms with Gasteiger partial charge in [0.1, 0.15) is 6.04 Å². The average Bonchev–Trinajstić information content (AvgIpc) is 2.74. The summed E-state index contributed by atoms with van der Waals surface area (Å²) in [6.45, 7) is 6.01. The number of aliphatic hydroxyl groups excluding tert-OH is 1. The number of hydrogen-bond acceptors (Lipinski definition) is 6. The molecule has 2 rings (SSSR count). The molecule has 0 aromatic heterocycles. The highest BCUT2D eigenvalue weighted by Crippen LogP contribution is 2.45. The highest BCUT2D eigenvalue weighted by Gasteiger charge is 2.63. The van der Waals surface area contributed by atoms with Crippen molar-refractivity contribution < 1.29 is 27.7 Å². The summed E-state index contributed by atoms with van der Waals surface area (Å²) in [5.41, 5.74) is 4.61. The van der Waals surface area contributed by atoms with Crippen LogP contribution in [-0.2, 0) is 19.7 Å². The maximum atomic E-state index is 12.3. The van der Waals surface area contributed by atoms with Gasteiger partial charge in [0.25, 0.3) is 10.1 Å². The zero-order chi connectivity index (χ0) is 19.2. The average molecular weight is 377 g/mol. The van der Waals surface area contributed by atoms with Crippen LogP contribution in [0.25, 0.3) is 0 Å². The molecule has 0 aromatic rings. The summed E-state index contributed by atoms with van der Waals surface area (Å²) < 4.78 is 32.5. The Kier molecular flexibility index (Phi) is 5.48. The summed E-state index contributed by atoms with van der Waals surface area (Å²) in [6, 6.07) is -1.87. The van der Waals surface area contributed by atoms with Crippen molar-refractivity contribution in [1.29, 1.82) is 0 Å². The van der Waals surface area contributed by atoms with E-state index in [0.717, 1.165) is 0 Å². The molecule has 4 atom stereocenters. The maximum absolute atomic E-state index is 12.3. The molecule has 10 heteroatoms. The number of carbonyl (C=O) groups excluding carboxylic acids is 2. The van der Waals surface area contributed by atoms with Crippen molar-refractivity contribution in [3.63, 3.8) is 0 Å². The Morgan fingerprint density at radius 3 is 2.44 bits per heavy atom. The molecule has 0 saturated carbocycles. The summed E-state index contributed by atoms with van der Waals surface area (Å²) in [4.78, 5) is 27.2. The smallest absolute Gasteiger partial charge is 0.266 e. The van der Waals surface area contributed by atoms with Crippen LogP contribution in [-0.4, -0.2) is 82.3 Å². The molecule has 0 aromatic carbocycles. The molecule has 0 radical (unpaired) electrons. The van der Waals surface area contributed by atoms with Crippen LogP contribution in [0.2, 0.25) is 0 Å². The molecule has 2 aliphatic rings. The van der Waals surface area contributed by atoms with Crippen LogP contribution < -0.4 is 5.73 Å². The number of carbonyl (C=O) groups is 2. The van der Waals surface area contributed by atoms with Crippen molar-refractivity contribution in [1.82, 2.24) is 9.80 Å². The van der Waals surface area contributed by atoms with Gasteiger partial charge in [-0.15, -0.1) is 0 Å². The van der Waals surface area contributed by atoms with Crippen molar-refractivity contribution in [3.05, 3.63) is 0 Å². The number of amides is 2. The van der Waals surface area contributed by atoms with Crippen LogP contribution in [0.5, 0.6) is 0 Å². The molecular weight excluding hydrogens is 350 g/mol. The lowest BCUT2D eigenvalue weighted by molar-refractivity contribution is -0.159. The zero-order valence-electron chi connectivity index (χ0n) is 14.8. The SMILES string of the molecule is CC(C)CN1C(=O)CCC12CN([C@H](C(N)=O)[C@@H](C)O)C2CS(=O)(=O)O. The van der Waals surface area contributed by atoms with E-state index >= 15 is 0 Å². The highest BCUT2D eigenvalue weighted by molar-refractivity contribution is 7.85. The first kappa shape index (κ1) is 20.1. The lowest BCUT2D eigenvalue weighted by Gasteiger charge is -2.61. The molecule has 4 N–H and O–H groups in total. The van der Waals surface area contributed by atoms with E-state index in [-0.39, 0.29) is 18.4 Å². The van der Waals surface area contributed by atoms with Crippen LogP contribution in [0.1, 0.15) is 33.6 Å². The Hall–Kier alpha value is -1.23.